The van der Waals surface area contributed by atoms with E-state index < -0.39 is 0 Å². The Labute approximate surface area is 143 Å². The Kier molecular flexibility index (Phi) is 5.38. The molecule has 3 rings (SSSR count). The highest BCUT2D eigenvalue weighted by atomic mass is 16.7. The third kappa shape index (κ3) is 4.28. The number of rotatable bonds is 6. The average Bonchev–Trinajstić information content (AvgIpc) is 2.98. The summed E-state index contributed by atoms with van der Waals surface area (Å²) < 4.78 is 23.2. The van der Waals surface area contributed by atoms with Crippen molar-refractivity contribution in [3.05, 3.63) is 59.7 Å². The number of methoxy groups -OCH3 is 1. The van der Waals surface area contributed by atoms with E-state index in [1.807, 2.05) is 48.5 Å². The first-order chi connectivity index (χ1) is 11.6. The predicted octanol–water partition coefficient (Wildman–Crippen LogP) is 3.89. The molecule has 4 heteroatoms. The summed E-state index contributed by atoms with van der Waals surface area (Å²) in [6.07, 6.45) is 0.166. The summed E-state index contributed by atoms with van der Waals surface area (Å²) in [5.41, 5.74) is 2.42. The second-order valence-electron chi connectivity index (χ2n) is 6.17. The third-order valence-corrected chi connectivity index (χ3v) is 4.17. The van der Waals surface area contributed by atoms with Crippen LogP contribution < -0.4 is 9.47 Å². The van der Waals surface area contributed by atoms with Gasteiger partial charge in [-0.1, -0.05) is 35.4 Å². The maximum atomic E-state index is 6.10. The third-order valence-electron chi connectivity index (χ3n) is 4.17. The van der Waals surface area contributed by atoms with Gasteiger partial charge in [0.25, 0.3) is 0 Å². The monoisotopic (exact) mass is 328 g/mol. The van der Waals surface area contributed by atoms with Crippen LogP contribution in [-0.2, 0) is 9.47 Å². The van der Waals surface area contributed by atoms with Gasteiger partial charge in [0.2, 0.25) is 0 Å². The van der Waals surface area contributed by atoms with Gasteiger partial charge < -0.3 is 18.9 Å². The minimum atomic E-state index is -0.257. The zero-order valence-corrected chi connectivity index (χ0v) is 14.4. The van der Waals surface area contributed by atoms with E-state index in [1.165, 1.54) is 11.1 Å². The molecule has 0 aromatic heterocycles. The smallest absolute Gasteiger partial charge is 0.161 e. The van der Waals surface area contributed by atoms with E-state index in [-0.39, 0.29) is 18.5 Å². The number of aryl methyl sites for hydroxylation is 2. The fourth-order valence-electron chi connectivity index (χ4n) is 2.71. The van der Waals surface area contributed by atoms with Crippen LogP contribution >= 0.6 is 0 Å². The number of hydrogen-bond acceptors (Lipinski definition) is 4. The van der Waals surface area contributed by atoms with Gasteiger partial charge in [-0.2, -0.15) is 0 Å². The molecular formula is C20H24O4. The van der Waals surface area contributed by atoms with Crippen LogP contribution in [0.25, 0.3) is 0 Å². The van der Waals surface area contributed by atoms with E-state index in [9.17, 15) is 0 Å². The Balaban J connectivity index is 1.62. The second kappa shape index (κ2) is 7.69. The van der Waals surface area contributed by atoms with Crippen LogP contribution in [0.15, 0.2) is 48.5 Å². The van der Waals surface area contributed by atoms with Crippen molar-refractivity contribution in [3.63, 3.8) is 0 Å². The lowest BCUT2D eigenvalue weighted by Crippen LogP contribution is -2.32. The first kappa shape index (κ1) is 16.8. The zero-order valence-electron chi connectivity index (χ0n) is 14.4. The molecule has 0 amide bonds. The molecule has 0 unspecified atom stereocenters. The number of hydrogen-bond donors (Lipinski definition) is 0. The fraction of sp³-hybridized carbons (Fsp3) is 0.400. The van der Waals surface area contributed by atoms with Crippen LogP contribution in [0.1, 0.15) is 17.5 Å². The first-order valence-electron chi connectivity index (χ1n) is 8.25. The van der Waals surface area contributed by atoms with Gasteiger partial charge in [0.05, 0.1) is 0 Å². The standard InChI is InChI=1S/C20H24O4/c1-14-4-8-16(9-5-14)22-13-19-18(12-20(21-3)24-19)23-17-10-6-15(2)7-11-17/h4-11,18-20H,12-13H2,1-3H3/t18-,19+,20-/m0/s1. The SMILES string of the molecule is CO[C@@H]1C[C@H](Oc2ccc(C)cc2)[C@@H](COc2ccc(C)cc2)O1. The van der Waals surface area contributed by atoms with E-state index in [0.29, 0.717) is 13.0 Å². The molecule has 0 aliphatic carbocycles. The minimum absolute atomic E-state index is 0.0943. The highest BCUT2D eigenvalue weighted by molar-refractivity contribution is 5.27. The molecule has 0 spiro atoms. The Hall–Kier alpha value is -2.04. The van der Waals surface area contributed by atoms with Crippen LogP contribution in [0, 0.1) is 13.8 Å². The maximum Gasteiger partial charge on any atom is 0.161 e. The number of ether oxygens (including phenoxy) is 4. The van der Waals surface area contributed by atoms with Gasteiger partial charge >= 0.3 is 0 Å². The summed E-state index contributed by atoms with van der Waals surface area (Å²) in [7, 11) is 1.65. The summed E-state index contributed by atoms with van der Waals surface area (Å²) in [4.78, 5) is 0. The van der Waals surface area contributed by atoms with Crippen molar-refractivity contribution in [3.8, 4) is 11.5 Å². The molecule has 1 heterocycles. The Morgan fingerprint density at radius 3 is 2.08 bits per heavy atom. The van der Waals surface area contributed by atoms with Gasteiger partial charge in [0.15, 0.2) is 6.29 Å². The van der Waals surface area contributed by atoms with Crippen molar-refractivity contribution in [2.24, 2.45) is 0 Å². The van der Waals surface area contributed by atoms with Crippen molar-refractivity contribution in [1.82, 2.24) is 0 Å². The highest BCUT2D eigenvalue weighted by Crippen LogP contribution is 2.27. The largest absolute Gasteiger partial charge is 0.491 e. The number of benzene rings is 2. The summed E-state index contributed by atoms with van der Waals surface area (Å²) in [6, 6.07) is 16.0. The molecule has 0 saturated carbocycles. The molecule has 2 aromatic rings. The van der Waals surface area contributed by atoms with Crippen molar-refractivity contribution in [2.45, 2.75) is 38.8 Å². The van der Waals surface area contributed by atoms with E-state index in [2.05, 4.69) is 13.8 Å². The van der Waals surface area contributed by atoms with Crippen molar-refractivity contribution in [1.29, 1.82) is 0 Å². The molecule has 3 atom stereocenters. The molecule has 0 radical (unpaired) electrons. The highest BCUT2D eigenvalue weighted by Gasteiger charge is 2.37. The molecule has 4 nitrogen and oxygen atoms in total. The van der Waals surface area contributed by atoms with Crippen LogP contribution in [-0.4, -0.2) is 32.2 Å². The lowest BCUT2D eigenvalue weighted by molar-refractivity contribution is -0.124. The van der Waals surface area contributed by atoms with Crippen LogP contribution in [0.5, 0.6) is 11.5 Å². The van der Waals surface area contributed by atoms with Gasteiger partial charge in [-0.15, -0.1) is 0 Å². The van der Waals surface area contributed by atoms with E-state index in [1.54, 1.807) is 7.11 Å². The summed E-state index contributed by atoms with van der Waals surface area (Å²) in [5, 5.41) is 0. The average molecular weight is 328 g/mol. The quantitative estimate of drug-likeness (QED) is 0.806. The fourth-order valence-corrected chi connectivity index (χ4v) is 2.71. The van der Waals surface area contributed by atoms with E-state index in [0.717, 1.165) is 11.5 Å². The van der Waals surface area contributed by atoms with Gasteiger partial charge in [-0.05, 0) is 38.1 Å². The minimum Gasteiger partial charge on any atom is -0.491 e. The lowest BCUT2D eigenvalue weighted by atomic mass is 10.2. The van der Waals surface area contributed by atoms with Crippen molar-refractivity contribution in [2.75, 3.05) is 13.7 Å². The first-order valence-corrected chi connectivity index (χ1v) is 8.25. The lowest BCUT2D eigenvalue weighted by Gasteiger charge is -2.20. The molecule has 24 heavy (non-hydrogen) atoms. The topological polar surface area (TPSA) is 36.9 Å². The zero-order chi connectivity index (χ0) is 16.9. The Morgan fingerprint density at radius 1 is 0.917 bits per heavy atom. The molecule has 2 aromatic carbocycles. The van der Waals surface area contributed by atoms with Gasteiger partial charge in [0, 0.05) is 13.5 Å². The van der Waals surface area contributed by atoms with E-state index in [4.69, 9.17) is 18.9 Å². The summed E-state index contributed by atoms with van der Waals surface area (Å²) in [6.45, 7) is 4.54. The van der Waals surface area contributed by atoms with Crippen LogP contribution in [0.3, 0.4) is 0 Å². The predicted molar refractivity (Wildman–Crippen MR) is 92.6 cm³/mol. The molecule has 1 aliphatic rings. The molecule has 0 N–H and O–H groups in total. The van der Waals surface area contributed by atoms with Gasteiger partial charge in [-0.25, -0.2) is 0 Å². The molecule has 0 bridgehead atoms. The Bertz CT molecular complexity index is 636. The molecular weight excluding hydrogens is 304 g/mol. The normalized spacial score (nSPS) is 23.2. The maximum absolute atomic E-state index is 6.10. The van der Waals surface area contributed by atoms with Crippen LogP contribution in [0.4, 0.5) is 0 Å². The van der Waals surface area contributed by atoms with Gasteiger partial charge in [0.1, 0.15) is 30.3 Å². The van der Waals surface area contributed by atoms with E-state index >= 15 is 0 Å². The van der Waals surface area contributed by atoms with Crippen molar-refractivity contribution < 1.29 is 18.9 Å². The Morgan fingerprint density at radius 2 is 1.50 bits per heavy atom. The van der Waals surface area contributed by atoms with Crippen molar-refractivity contribution >= 4 is 0 Å². The molecule has 1 aliphatic heterocycles. The second-order valence-corrected chi connectivity index (χ2v) is 6.17. The summed E-state index contributed by atoms with van der Waals surface area (Å²) in [5.74, 6) is 1.67. The molecule has 1 fully saturated rings. The molecule has 1 saturated heterocycles. The van der Waals surface area contributed by atoms with Crippen LogP contribution in [0.2, 0.25) is 0 Å². The summed E-state index contributed by atoms with van der Waals surface area (Å²) >= 11 is 0. The van der Waals surface area contributed by atoms with Gasteiger partial charge in [-0.3, -0.25) is 0 Å². The molecule has 128 valence electrons.